The minimum atomic E-state index is -1.11. The Balaban J connectivity index is 0.00000132. The van der Waals surface area contributed by atoms with E-state index in [0.717, 1.165) is 51.4 Å². The summed E-state index contributed by atoms with van der Waals surface area (Å²) in [5.41, 5.74) is 21.9. The molecule has 0 N–H and O–H groups in total. The van der Waals surface area contributed by atoms with Gasteiger partial charge in [0.1, 0.15) is 0 Å². The molecule has 0 heterocycles. The summed E-state index contributed by atoms with van der Waals surface area (Å²) in [6, 6.07) is 49.3. The Morgan fingerprint density at radius 3 is 0.699 bits per heavy atom. The summed E-state index contributed by atoms with van der Waals surface area (Å²) in [4.78, 5) is 9.41. The van der Waals surface area contributed by atoms with Gasteiger partial charge in [-0.2, -0.15) is 0 Å². The molecule has 0 aliphatic carbocycles. The SMILES string of the molecule is C=C(C)C.C=C(C)C.CCc1cc(P(c2cc(CC)c(N(C)C)c(CC)c2)c2ccc3ccccc3c2-c2c(P(c3cc(CC)c(N(C)C)c(CC)c3)c3cc(CC)c(N(C)C)c(CC)c3)ccc3ccccc23)cc(CC)c1N(C)C.[Ru+3]. The van der Waals surface area contributed by atoms with Gasteiger partial charge in [0, 0.05) is 79.1 Å². The Bertz CT molecular complexity index is 3060. The van der Waals surface area contributed by atoms with E-state index in [1.165, 1.54) is 143 Å². The van der Waals surface area contributed by atoms with E-state index in [-0.39, 0.29) is 19.5 Å². The summed E-state index contributed by atoms with van der Waals surface area (Å²) in [5.74, 6) is 0. The molecule has 7 heteroatoms. The van der Waals surface area contributed by atoms with Crippen LogP contribution in [0, 0.1) is 0 Å². The van der Waals surface area contributed by atoms with Crippen molar-refractivity contribution in [3.8, 4) is 11.1 Å². The molecule has 0 unspecified atom stereocenters. The molecule has 8 aromatic rings. The maximum absolute atomic E-state index is 3.56. The molecule has 0 spiro atoms. The predicted octanol–water partition coefficient (Wildman–Crippen LogP) is 17.1. The molecule has 0 aromatic heterocycles. The summed E-state index contributed by atoms with van der Waals surface area (Å²) in [5, 5.41) is 13.8. The summed E-state index contributed by atoms with van der Waals surface area (Å²) < 4.78 is 0. The van der Waals surface area contributed by atoms with Crippen molar-refractivity contribution in [2.24, 2.45) is 0 Å². The van der Waals surface area contributed by atoms with Gasteiger partial charge in [-0.15, -0.1) is 13.2 Å². The first-order valence-corrected chi connectivity index (χ1v) is 33.0. The Kier molecular flexibility index (Phi) is 25.5. The van der Waals surface area contributed by atoms with Crippen molar-refractivity contribution >= 4 is 92.0 Å². The van der Waals surface area contributed by atoms with Gasteiger partial charge in [-0.05, 0) is 252 Å². The Labute approximate surface area is 519 Å². The third kappa shape index (κ3) is 15.3. The molecular formula is C76H100N4P2Ru+3. The first kappa shape index (κ1) is 68.2. The van der Waals surface area contributed by atoms with Gasteiger partial charge in [0.05, 0.1) is 0 Å². The van der Waals surface area contributed by atoms with Crippen molar-refractivity contribution in [3.63, 3.8) is 0 Å². The normalized spacial score (nSPS) is 11.0. The zero-order valence-electron chi connectivity index (χ0n) is 54.7. The zero-order valence-corrected chi connectivity index (χ0v) is 58.2. The number of nitrogens with zero attached hydrogens (tertiary/aromatic N) is 4. The molecule has 0 saturated heterocycles. The number of anilines is 4. The van der Waals surface area contributed by atoms with Crippen molar-refractivity contribution in [2.75, 3.05) is 76.0 Å². The van der Waals surface area contributed by atoms with Gasteiger partial charge >= 0.3 is 19.5 Å². The summed E-state index contributed by atoms with van der Waals surface area (Å²) in [7, 11) is 15.6. The van der Waals surface area contributed by atoms with E-state index in [4.69, 9.17) is 0 Å². The van der Waals surface area contributed by atoms with Crippen LogP contribution in [0.2, 0.25) is 0 Å². The monoisotopic (exact) mass is 1230 g/mol. The fraction of sp³-hybridized carbons (Fsp3) is 0.368. The molecule has 8 rings (SSSR count). The molecule has 0 fully saturated rings. The van der Waals surface area contributed by atoms with Crippen LogP contribution in [0.4, 0.5) is 22.7 Å². The number of fused-ring (bicyclic) bond motifs is 2. The van der Waals surface area contributed by atoms with E-state index in [1.54, 1.807) is 0 Å². The standard InChI is InChI=1S/C68H84N4P2.2C4H8.Ru/c1-17-45-37-55(38-46(18-2)65(45)69(9)10)73(56-39-47(19-3)66(70(11)12)48(20-4)40-56)61-35-33-53-29-25-27-31-59(53)63(61)64-60-32-28-26-30-54(60)34-36-62(64)74(57-41-49(21-5)67(71(13)14)50(22-6)42-57)58-43-51(23-7)68(72(15)16)52(24-8)44-58;2*1-4(2)3;/h25-44H,17-24H2,1-16H3;2*1H2,2-3H3;/q;;;+3. The molecule has 8 aromatic carbocycles. The van der Waals surface area contributed by atoms with Gasteiger partial charge in [0.25, 0.3) is 0 Å². The Hall–Kier alpha value is -5.56. The minimum Gasteiger partial charge on any atom is -0.377 e. The molecular weight excluding hydrogens is 1130 g/mol. The van der Waals surface area contributed by atoms with E-state index in [0.29, 0.717) is 0 Å². The molecule has 1 radical (unpaired) electrons. The first-order valence-electron chi connectivity index (χ1n) is 30.4. The van der Waals surface area contributed by atoms with Crippen molar-refractivity contribution in [1.29, 1.82) is 0 Å². The van der Waals surface area contributed by atoms with E-state index in [9.17, 15) is 0 Å². The van der Waals surface area contributed by atoms with E-state index in [1.807, 2.05) is 27.7 Å². The third-order valence-electron chi connectivity index (χ3n) is 15.4. The van der Waals surface area contributed by atoms with Crippen LogP contribution in [0.15, 0.2) is 146 Å². The summed E-state index contributed by atoms with van der Waals surface area (Å²) in [6.07, 6.45) is 7.76. The second-order valence-corrected chi connectivity index (χ2v) is 27.7. The number of benzene rings is 8. The second kappa shape index (κ2) is 31.0. The summed E-state index contributed by atoms with van der Waals surface area (Å²) >= 11 is 0. The molecule has 83 heavy (non-hydrogen) atoms. The van der Waals surface area contributed by atoms with Crippen LogP contribution in [0.25, 0.3) is 32.7 Å². The second-order valence-electron chi connectivity index (χ2n) is 23.3. The van der Waals surface area contributed by atoms with Crippen LogP contribution >= 0.6 is 15.8 Å². The minimum absolute atomic E-state index is 0. The number of hydrogen-bond donors (Lipinski definition) is 0. The van der Waals surface area contributed by atoms with Gasteiger partial charge < -0.3 is 19.6 Å². The summed E-state index contributed by atoms with van der Waals surface area (Å²) in [6.45, 7) is 33.7. The van der Waals surface area contributed by atoms with Gasteiger partial charge in [0.15, 0.2) is 0 Å². The Morgan fingerprint density at radius 2 is 0.518 bits per heavy atom. The van der Waals surface area contributed by atoms with Crippen LogP contribution in [-0.2, 0) is 70.8 Å². The first-order chi connectivity index (χ1) is 39.1. The van der Waals surface area contributed by atoms with Crippen LogP contribution in [0.1, 0.15) is 128 Å². The number of rotatable bonds is 19. The quantitative estimate of drug-likeness (QED) is 0.0454. The molecule has 0 aliphatic rings. The third-order valence-corrected chi connectivity index (χ3v) is 20.2. The van der Waals surface area contributed by atoms with Gasteiger partial charge in [-0.25, -0.2) is 0 Å². The van der Waals surface area contributed by atoms with Gasteiger partial charge in [0.2, 0.25) is 0 Å². The zero-order chi connectivity index (χ0) is 60.3. The van der Waals surface area contributed by atoms with Crippen molar-refractivity contribution in [2.45, 2.75) is 134 Å². The maximum atomic E-state index is 3.56. The number of aryl methyl sites for hydroxylation is 8. The number of hydrogen-bond acceptors (Lipinski definition) is 4. The van der Waals surface area contributed by atoms with Crippen molar-refractivity contribution < 1.29 is 19.5 Å². The molecule has 0 amide bonds. The number of allylic oxidation sites excluding steroid dienone is 2. The fourth-order valence-corrected chi connectivity index (χ4v) is 17.6. The average Bonchev–Trinajstić information content (AvgIpc) is 2.33. The average molecular weight is 1230 g/mol. The van der Waals surface area contributed by atoms with Crippen LogP contribution < -0.4 is 51.4 Å². The van der Waals surface area contributed by atoms with E-state index >= 15 is 0 Å². The molecule has 0 aliphatic heterocycles. The van der Waals surface area contributed by atoms with Crippen LogP contribution in [0.3, 0.4) is 0 Å². The largest absolute Gasteiger partial charge is 3.00 e. The fourth-order valence-electron chi connectivity index (χ4n) is 12.2. The van der Waals surface area contributed by atoms with Crippen molar-refractivity contribution in [3.05, 3.63) is 190 Å². The Morgan fingerprint density at radius 1 is 0.325 bits per heavy atom. The van der Waals surface area contributed by atoms with Crippen LogP contribution in [0.5, 0.6) is 0 Å². The topological polar surface area (TPSA) is 13.0 Å². The van der Waals surface area contributed by atoms with Crippen molar-refractivity contribution in [1.82, 2.24) is 0 Å². The van der Waals surface area contributed by atoms with Gasteiger partial charge in [-0.3, -0.25) is 0 Å². The van der Waals surface area contributed by atoms with Crippen LogP contribution in [-0.4, -0.2) is 56.4 Å². The molecule has 0 bridgehead atoms. The van der Waals surface area contributed by atoms with E-state index < -0.39 is 15.8 Å². The molecule has 4 nitrogen and oxygen atoms in total. The maximum Gasteiger partial charge on any atom is 3.00 e. The molecule has 439 valence electrons. The molecule has 0 atom stereocenters. The smallest absolute Gasteiger partial charge is 0.377 e. The van der Waals surface area contributed by atoms with E-state index in [2.05, 4.69) is 266 Å². The molecule has 0 saturated carbocycles. The van der Waals surface area contributed by atoms with Gasteiger partial charge in [-0.1, -0.05) is 139 Å². The predicted molar refractivity (Wildman–Crippen MR) is 378 cm³/mol.